The van der Waals surface area contributed by atoms with Gasteiger partial charge in [0.15, 0.2) is 0 Å². The molecule has 0 N–H and O–H groups in total. The van der Waals surface area contributed by atoms with E-state index in [-0.39, 0.29) is 0 Å². The monoisotopic (exact) mass is 201 g/mol. The zero-order valence-electron chi connectivity index (χ0n) is 5.34. The molecular formula is C7H4ClNZn. The molecule has 0 amide bonds. The minimum absolute atomic E-state index is 0.590. The normalized spacial score (nSPS) is 7.00. The predicted molar refractivity (Wildman–Crippen MR) is 35.8 cm³/mol. The minimum atomic E-state index is 0.590. The molecule has 0 aliphatic heterocycles. The summed E-state index contributed by atoms with van der Waals surface area (Å²) in [6.07, 6.45) is 0. The first-order valence-corrected chi connectivity index (χ1v) is 6.47. The second kappa shape index (κ2) is 6.74. The third kappa shape index (κ3) is 3.61. The van der Waals surface area contributed by atoms with Crippen LogP contribution in [0, 0.1) is 17.4 Å². The SMILES string of the molecule is N#Cc1[c-]cccc1.[Cl][Zn+]. The molecule has 46 valence electrons. The van der Waals surface area contributed by atoms with E-state index in [1.165, 1.54) is 0 Å². The molecule has 1 aromatic carbocycles. The maximum atomic E-state index is 8.26. The van der Waals surface area contributed by atoms with Crippen molar-refractivity contribution in [3.63, 3.8) is 0 Å². The van der Waals surface area contributed by atoms with Gasteiger partial charge in [-0.05, 0) is 6.07 Å². The Morgan fingerprint density at radius 3 is 2.50 bits per heavy atom. The second-order valence-corrected chi connectivity index (χ2v) is 1.39. The predicted octanol–water partition coefficient (Wildman–Crippen LogP) is 2.05. The standard InChI is InChI=1S/C7H4N.ClH.Zn/c8-6-7-4-2-1-3-5-7;;/h1-4H;1H;/q-1;;+2/p-1. The maximum absolute atomic E-state index is 8.26. The van der Waals surface area contributed by atoms with Gasteiger partial charge in [0, 0.05) is 0 Å². The summed E-state index contributed by atoms with van der Waals surface area (Å²) in [6, 6.07) is 11.8. The van der Waals surface area contributed by atoms with Crippen LogP contribution >= 0.6 is 9.69 Å². The third-order valence-corrected chi connectivity index (χ3v) is 0.830. The number of rotatable bonds is 0. The van der Waals surface area contributed by atoms with Gasteiger partial charge < -0.3 is 0 Å². The van der Waals surface area contributed by atoms with Crippen molar-refractivity contribution in [3.05, 3.63) is 35.9 Å². The molecule has 0 radical (unpaired) electrons. The Labute approximate surface area is 74.3 Å². The van der Waals surface area contributed by atoms with Gasteiger partial charge in [-0.1, -0.05) is 5.56 Å². The van der Waals surface area contributed by atoms with Gasteiger partial charge in [0.05, 0.1) is 0 Å². The summed E-state index contributed by atoms with van der Waals surface area (Å²) in [7, 11) is 4.76. The van der Waals surface area contributed by atoms with Crippen LogP contribution in [-0.2, 0) is 17.3 Å². The Morgan fingerprint density at radius 2 is 2.20 bits per heavy atom. The molecule has 3 heteroatoms. The van der Waals surface area contributed by atoms with E-state index in [0.717, 1.165) is 17.3 Å². The summed E-state index contributed by atoms with van der Waals surface area (Å²) < 4.78 is 0. The average Bonchev–Trinajstić information content (AvgIpc) is 2.10. The van der Waals surface area contributed by atoms with Crippen LogP contribution in [0.25, 0.3) is 0 Å². The molecule has 0 fully saturated rings. The number of hydrogen-bond acceptors (Lipinski definition) is 1. The van der Waals surface area contributed by atoms with Crippen molar-refractivity contribution in [2.24, 2.45) is 0 Å². The van der Waals surface area contributed by atoms with Crippen LogP contribution in [0.4, 0.5) is 0 Å². The van der Waals surface area contributed by atoms with Gasteiger partial charge in [-0.3, -0.25) is 5.26 Å². The molecule has 1 aromatic rings. The van der Waals surface area contributed by atoms with E-state index < -0.39 is 0 Å². The number of nitriles is 1. The van der Waals surface area contributed by atoms with Crippen LogP contribution < -0.4 is 0 Å². The Hall–Kier alpha value is -0.377. The Bertz CT molecular complexity index is 205. The molecule has 0 aliphatic rings. The summed E-state index contributed by atoms with van der Waals surface area (Å²) in [4.78, 5) is 0. The Balaban J connectivity index is 0.000000371. The summed E-state index contributed by atoms with van der Waals surface area (Å²) in [6.45, 7) is 0. The first kappa shape index (κ1) is 9.62. The van der Waals surface area contributed by atoms with Crippen LogP contribution in [0.15, 0.2) is 24.3 Å². The summed E-state index contributed by atoms with van der Waals surface area (Å²) in [5.74, 6) is 0. The quantitative estimate of drug-likeness (QED) is 0.467. The van der Waals surface area contributed by atoms with Crippen LogP contribution in [-0.4, -0.2) is 0 Å². The molecule has 0 aromatic heterocycles. The van der Waals surface area contributed by atoms with Crippen LogP contribution in [0.2, 0.25) is 0 Å². The van der Waals surface area contributed by atoms with E-state index in [4.69, 9.17) is 15.0 Å². The molecular weight excluding hydrogens is 199 g/mol. The molecule has 0 bridgehead atoms. The Kier molecular flexibility index (Phi) is 6.49. The van der Waals surface area contributed by atoms with Gasteiger partial charge in [0.1, 0.15) is 0 Å². The van der Waals surface area contributed by atoms with E-state index >= 15 is 0 Å². The van der Waals surface area contributed by atoms with Gasteiger partial charge in [-0.25, -0.2) is 0 Å². The third-order valence-electron chi connectivity index (χ3n) is 0.830. The first-order valence-electron chi connectivity index (χ1n) is 2.57. The van der Waals surface area contributed by atoms with E-state index in [1.54, 1.807) is 12.1 Å². The Morgan fingerprint density at radius 1 is 1.50 bits per heavy atom. The molecule has 1 rings (SSSR count). The number of benzene rings is 1. The van der Waals surface area contributed by atoms with E-state index in [9.17, 15) is 0 Å². The van der Waals surface area contributed by atoms with Crippen molar-refractivity contribution in [1.82, 2.24) is 0 Å². The van der Waals surface area contributed by atoms with Crippen LogP contribution in [0.5, 0.6) is 0 Å². The molecule has 0 aliphatic carbocycles. The fourth-order valence-electron chi connectivity index (χ4n) is 0.463. The molecule has 0 atom stereocenters. The van der Waals surface area contributed by atoms with Gasteiger partial charge in [-0.2, -0.15) is 0 Å². The van der Waals surface area contributed by atoms with Gasteiger partial charge in [0.25, 0.3) is 0 Å². The number of halogens is 1. The molecule has 0 saturated carbocycles. The van der Waals surface area contributed by atoms with E-state index in [1.807, 2.05) is 18.2 Å². The zero-order chi connectivity index (χ0) is 7.82. The zero-order valence-corrected chi connectivity index (χ0v) is 9.06. The first-order chi connectivity index (χ1) is 4.93. The average molecular weight is 203 g/mol. The summed E-state index contributed by atoms with van der Waals surface area (Å²) in [5.41, 5.74) is 0.590. The molecule has 0 saturated heterocycles. The van der Waals surface area contributed by atoms with Crippen molar-refractivity contribution in [2.45, 2.75) is 0 Å². The number of hydrogen-bond donors (Lipinski definition) is 0. The van der Waals surface area contributed by atoms with Crippen molar-refractivity contribution in [2.75, 3.05) is 0 Å². The topological polar surface area (TPSA) is 23.8 Å². The summed E-state index contributed by atoms with van der Waals surface area (Å²) in [5, 5.41) is 8.26. The van der Waals surface area contributed by atoms with Crippen molar-refractivity contribution in [3.8, 4) is 6.07 Å². The molecule has 10 heavy (non-hydrogen) atoms. The van der Waals surface area contributed by atoms with Gasteiger partial charge in [0.2, 0.25) is 0 Å². The fraction of sp³-hybridized carbons (Fsp3) is 0. The molecule has 0 heterocycles. The number of nitrogens with zero attached hydrogens (tertiary/aromatic N) is 1. The van der Waals surface area contributed by atoms with Gasteiger partial charge in [-0.15, -0.1) is 30.3 Å². The fourth-order valence-corrected chi connectivity index (χ4v) is 0.463. The van der Waals surface area contributed by atoms with Gasteiger partial charge >= 0.3 is 27.0 Å². The van der Waals surface area contributed by atoms with E-state index in [0.29, 0.717) is 5.56 Å². The van der Waals surface area contributed by atoms with E-state index in [2.05, 4.69) is 6.07 Å². The molecule has 0 unspecified atom stereocenters. The molecule has 0 spiro atoms. The molecule has 1 nitrogen and oxygen atoms in total. The van der Waals surface area contributed by atoms with Crippen LogP contribution in [0.1, 0.15) is 5.56 Å². The second-order valence-electron chi connectivity index (χ2n) is 1.39. The van der Waals surface area contributed by atoms with Crippen molar-refractivity contribution >= 4 is 9.69 Å². The van der Waals surface area contributed by atoms with Crippen molar-refractivity contribution < 1.29 is 17.3 Å². The van der Waals surface area contributed by atoms with Crippen LogP contribution in [0.3, 0.4) is 0 Å². The summed E-state index contributed by atoms with van der Waals surface area (Å²) >= 11 is 0.847. The van der Waals surface area contributed by atoms with Crippen molar-refractivity contribution in [1.29, 1.82) is 5.26 Å².